The van der Waals surface area contributed by atoms with Crippen LogP contribution in [0.3, 0.4) is 0 Å². The van der Waals surface area contributed by atoms with E-state index >= 15 is 0 Å². The lowest BCUT2D eigenvalue weighted by atomic mass is 10.2. The van der Waals surface area contributed by atoms with Gasteiger partial charge in [0.1, 0.15) is 11.6 Å². The number of methoxy groups -OCH3 is 1. The third-order valence-corrected chi connectivity index (χ3v) is 4.95. The van der Waals surface area contributed by atoms with E-state index in [1.165, 1.54) is 7.11 Å². The first-order valence-corrected chi connectivity index (χ1v) is 9.06. The maximum atomic E-state index is 11.6. The molecular weight excluding hydrogens is 364 g/mol. The van der Waals surface area contributed by atoms with Crippen LogP contribution in [0.5, 0.6) is 0 Å². The van der Waals surface area contributed by atoms with Crippen molar-refractivity contribution >= 4 is 29.6 Å². The third kappa shape index (κ3) is 3.68. The molecule has 0 unspecified atom stereocenters. The number of carbonyl (C=O) groups is 1. The monoisotopic (exact) mass is 382 g/mol. The van der Waals surface area contributed by atoms with E-state index in [1.807, 2.05) is 42.1 Å². The van der Waals surface area contributed by atoms with Crippen molar-refractivity contribution in [1.29, 1.82) is 0 Å². The first-order chi connectivity index (χ1) is 13.1. The summed E-state index contributed by atoms with van der Waals surface area (Å²) in [7, 11) is 1.38. The Morgan fingerprint density at radius 1 is 1.33 bits per heavy atom. The van der Waals surface area contributed by atoms with Gasteiger partial charge in [0.15, 0.2) is 5.82 Å². The van der Waals surface area contributed by atoms with Crippen LogP contribution in [0.4, 0.5) is 5.82 Å². The summed E-state index contributed by atoms with van der Waals surface area (Å²) in [5.41, 5.74) is 1.51. The third-order valence-electron chi connectivity index (χ3n) is 4.00. The van der Waals surface area contributed by atoms with Crippen molar-refractivity contribution in [3.63, 3.8) is 0 Å². The summed E-state index contributed by atoms with van der Waals surface area (Å²) in [6, 6.07) is 9.25. The number of fused-ring (bicyclic) bond motifs is 1. The zero-order chi connectivity index (χ0) is 18.8. The average Bonchev–Trinajstić information content (AvgIpc) is 3.30. The highest BCUT2D eigenvalue weighted by Crippen LogP contribution is 2.30. The number of hydrogen-bond acceptors (Lipinski definition) is 7. The van der Waals surface area contributed by atoms with Crippen molar-refractivity contribution in [1.82, 2.24) is 24.1 Å². The molecule has 0 saturated heterocycles. The van der Waals surface area contributed by atoms with E-state index in [1.54, 1.807) is 30.3 Å². The number of hydrogen-bond donors (Lipinski definition) is 2. The highest BCUT2D eigenvalue weighted by atomic mass is 32.2. The molecule has 0 radical (unpaired) electrons. The van der Waals surface area contributed by atoms with Crippen molar-refractivity contribution in [2.75, 3.05) is 12.4 Å². The Hall–Kier alpha value is -3.20. The van der Waals surface area contributed by atoms with E-state index < -0.39 is 0 Å². The van der Waals surface area contributed by atoms with E-state index in [0.29, 0.717) is 12.1 Å². The number of aromatic amines is 1. The van der Waals surface area contributed by atoms with Gasteiger partial charge in [-0.05, 0) is 43.1 Å². The Bertz CT molecular complexity index is 991. The fourth-order valence-electron chi connectivity index (χ4n) is 2.72. The van der Waals surface area contributed by atoms with Gasteiger partial charge in [0, 0.05) is 29.0 Å². The second-order valence-electron chi connectivity index (χ2n) is 5.97. The molecule has 1 aliphatic heterocycles. The van der Waals surface area contributed by atoms with Crippen molar-refractivity contribution in [3.05, 3.63) is 66.0 Å². The minimum absolute atomic E-state index is 0.341. The van der Waals surface area contributed by atoms with Gasteiger partial charge >= 0.3 is 5.97 Å². The number of ether oxygens (including phenoxy) is 1. The topological polar surface area (TPSA) is 88.1 Å². The van der Waals surface area contributed by atoms with Gasteiger partial charge in [0.25, 0.3) is 0 Å². The molecule has 0 aliphatic carbocycles. The lowest BCUT2D eigenvalue weighted by molar-refractivity contribution is 0.0600. The van der Waals surface area contributed by atoms with E-state index in [2.05, 4.69) is 24.8 Å². The molecule has 138 valence electrons. The molecule has 0 amide bonds. The van der Waals surface area contributed by atoms with Crippen LogP contribution in [0.2, 0.25) is 0 Å². The molecule has 3 heterocycles. The molecule has 0 atom stereocenters. The van der Waals surface area contributed by atoms with Crippen LogP contribution in [0.25, 0.3) is 5.82 Å². The zero-order valence-electron chi connectivity index (χ0n) is 14.8. The molecule has 1 aliphatic rings. The van der Waals surface area contributed by atoms with Gasteiger partial charge in [-0.3, -0.25) is 9.67 Å². The van der Waals surface area contributed by atoms with Crippen LogP contribution >= 0.6 is 11.9 Å². The molecule has 8 nitrogen and oxygen atoms in total. The summed E-state index contributed by atoms with van der Waals surface area (Å²) in [5.74, 6) is 2.18. The standard InChI is InChI=1S/C18H18N6O2S/c1-12-9-15(22-21-12)20-17-11-23(10-16-19-7-8-24(16)17)27-14-5-3-13(4-6-14)18(25)26-2/h3-9,11H,10H2,1-2H3,(H2,20,21,22). The van der Waals surface area contributed by atoms with E-state index in [9.17, 15) is 4.79 Å². The van der Waals surface area contributed by atoms with Crippen molar-refractivity contribution in [2.45, 2.75) is 18.4 Å². The average molecular weight is 382 g/mol. The number of nitrogens with zero attached hydrogens (tertiary/aromatic N) is 4. The molecule has 27 heavy (non-hydrogen) atoms. The Kier molecular flexibility index (Phi) is 4.59. The van der Waals surface area contributed by atoms with Crippen LogP contribution in [0, 0.1) is 6.92 Å². The summed E-state index contributed by atoms with van der Waals surface area (Å²) >= 11 is 1.56. The summed E-state index contributed by atoms with van der Waals surface area (Å²) in [5, 5.41) is 10.5. The maximum absolute atomic E-state index is 11.6. The summed E-state index contributed by atoms with van der Waals surface area (Å²) in [6.07, 6.45) is 5.71. The van der Waals surface area contributed by atoms with Crippen LogP contribution in [0.15, 0.2) is 53.8 Å². The minimum Gasteiger partial charge on any atom is -0.465 e. The molecule has 4 rings (SSSR count). The maximum Gasteiger partial charge on any atom is 0.337 e. The van der Waals surface area contributed by atoms with E-state index in [4.69, 9.17) is 4.74 Å². The zero-order valence-corrected chi connectivity index (χ0v) is 15.7. The smallest absolute Gasteiger partial charge is 0.337 e. The molecule has 3 aromatic rings. The molecular formula is C18H18N6O2S. The van der Waals surface area contributed by atoms with Crippen molar-refractivity contribution in [2.24, 2.45) is 0 Å². The van der Waals surface area contributed by atoms with Crippen LogP contribution < -0.4 is 5.32 Å². The van der Waals surface area contributed by atoms with Gasteiger partial charge in [-0.25, -0.2) is 9.78 Å². The second-order valence-corrected chi connectivity index (χ2v) is 7.09. The van der Waals surface area contributed by atoms with Crippen molar-refractivity contribution in [3.8, 4) is 0 Å². The molecule has 0 spiro atoms. The summed E-state index contributed by atoms with van der Waals surface area (Å²) in [6.45, 7) is 2.61. The molecule has 1 aromatic carbocycles. The number of carbonyl (C=O) groups excluding carboxylic acids is 1. The van der Waals surface area contributed by atoms with Crippen LogP contribution in [-0.2, 0) is 11.3 Å². The molecule has 2 N–H and O–H groups in total. The quantitative estimate of drug-likeness (QED) is 0.518. The molecule has 0 bridgehead atoms. The van der Waals surface area contributed by atoms with Crippen LogP contribution in [-0.4, -0.2) is 37.1 Å². The lowest BCUT2D eigenvalue weighted by Crippen LogP contribution is -2.23. The van der Waals surface area contributed by atoms with Gasteiger partial charge in [-0.15, -0.1) is 0 Å². The SMILES string of the molecule is COC(=O)c1ccc(SN2C=C(Nc3cc(C)[nH]n3)n3ccnc3C2)cc1. The predicted molar refractivity (Wildman–Crippen MR) is 103 cm³/mol. The highest BCUT2D eigenvalue weighted by molar-refractivity contribution is 7.97. The molecule has 0 fully saturated rings. The first kappa shape index (κ1) is 17.2. The number of benzene rings is 1. The Morgan fingerprint density at radius 3 is 2.85 bits per heavy atom. The lowest BCUT2D eigenvalue weighted by Gasteiger charge is -2.26. The summed E-state index contributed by atoms with van der Waals surface area (Å²) in [4.78, 5) is 17.0. The molecule has 2 aromatic heterocycles. The molecule has 9 heteroatoms. The first-order valence-electron chi connectivity index (χ1n) is 8.29. The predicted octanol–water partition coefficient (Wildman–Crippen LogP) is 3.09. The van der Waals surface area contributed by atoms with E-state index in [-0.39, 0.29) is 5.97 Å². The fourth-order valence-corrected chi connectivity index (χ4v) is 3.58. The number of nitrogens with one attached hydrogen (secondary N) is 2. The number of aromatic nitrogens is 4. The Balaban J connectivity index is 1.54. The van der Waals surface area contributed by atoms with Gasteiger partial charge in [-0.1, -0.05) is 0 Å². The number of esters is 1. The Labute approximate surface area is 160 Å². The highest BCUT2D eigenvalue weighted by Gasteiger charge is 2.19. The number of imidazole rings is 1. The Morgan fingerprint density at radius 2 is 2.15 bits per heavy atom. The van der Waals surface area contributed by atoms with Gasteiger partial charge in [0.05, 0.1) is 25.4 Å². The van der Waals surface area contributed by atoms with Crippen LogP contribution in [0.1, 0.15) is 21.9 Å². The normalized spacial score (nSPS) is 13.1. The number of aryl methyl sites for hydroxylation is 1. The number of H-pyrrole nitrogens is 1. The number of anilines is 1. The largest absolute Gasteiger partial charge is 0.465 e. The van der Waals surface area contributed by atoms with Gasteiger partial charge in [0.2, 0.25) is 0 Å². The minimum atomic E-state index is -0.341. The number of rotatable bonds is 5. The second kappa shape index (κ2) is 7.20. The van der Waals surface area contributed by atoms with Crippen molar-refractivity contribution < 1.29 is 9.53 Å². The van der Waals surface area contributed by atoms with E-state index in [0.717, 1.165) is 28.1 Å². The fraction of sp³-hybridized carbons (Fsp3) is 0.167. The van der Waals surface area contributed by atoms with Gasteiger partial charge in [-0.2, -0.15) is 5.10 Å². The summed E-state index contributed by atoms with van der Waals surface area (Å²) < 4.78 is 8.82. The molecule has 0 saturated carbocycles. The van der Waals surface area contributed by atoms with Gasteiger partial charge < -0.3 is 14.4 Å².